The van der Waals surface area contributed by atoms with Gasteiger partial charge in [0.15, 0.2) is 0 Å². The summed E-state index contributed by atoms with van der Waals surface area (Å²) >= 11 is 0. The van der Waals surface area contributed by atoms with Crippen molar-refractivity contribution in [2.45, 2.75) is 13.8 Å². The molecule has 0 rings (SSSR count). The fourth-order valence-electron chi connectivity index (χ4n) is 0.869. The van der Waals surface area contributed by atoms with Gasteiger partial charge in [0.05, 0.1) is 0 Å². The van der Waals surface area contributed by atoms with Crippen LogP contribution in [0.5, 0.6) is 0 Å². The van der Waals surface area contributed by atoms with Gasteiger partial charge in [0.2, 0.25) is 0 Å². The highest BCUT2D eigenvalue weighted by Gasteiger charge is 1.91. The maximum atomic E-state index is 7.16. The molecule has 0 unspecified atom stereocenters. The summed E-state index contributed by atoms with van der Waals surface area (Å²) in [6, 6.07) is 0. The van der Waals surface area contributed by atoms with Crippen molar-refractivity contribution in [1.29, 1.82) is 5.41 Å². The lowest BCUT2D eigenvalue weighted by atomic mass is 10.1. The van der Waals surface area contributed by atoms with Crippen molar-refractivity contribution in [2.24, 2.45) is 0 Å². The van der Waals surface area contributed by atoms with Gasteiger partial charge in [-0.1, -0.05) is 37.0 Å². The molecule has 1 nitrogen and oxygen atoms in total. The smallest absolute Gasteiger partial charge is 0.0256 e. The summed E-state index contributed by atoms with van der Waals surface area (Å²) in [6.07, 6.45) is 10.8. The summed E-state index contributed by atoms with van der Waals surface area (Å²) in [4.78, 5) is 0. The fourth-order valence-corrected chi connectivity index (χ4v) is 0.869. The summed E-state index contributed by atoms with van der Waals surface area (Å²) in [7, 11) is 0. The van der Waals surface area contributed by atoms with Crippen LogP contribution in [0.25, 0.3) is 0 Å². The van der Waals surface area contributed by atoms with Crippen LogP contribution in [0, 0.1) is 5.41 Å². The van der Waals surface area contributed by atoms with Crippen LogP contribution in [-0.2, 0) is 0 Å². The molecule has 0 bridgehead atoms. The van der Waals surface area contributed by atoms with Crippen molar-refractivity contribution in [3.63, 3.8) is 0 Å². The number of hydrogen-bond donors (Lipinski definition) is 1. The van der Waals surface area contributed by atoms with E-state index in [1.165, 1.54) is 6.21 Å². The van der Waals surface area contributed by atoms with Crippen LogP contribution in [0.3, 0.4) is 0 Å². The van der Waals surface area contributed by atoms with Gasteiger partial charge >= 0.3 is 0 Å². The third-order valence-electron chi connectivity index (χ3n) is 1.40. The molecule has 0 aliphatic heterocycles. The first-order chi connectivity index (χ1) is 5.79. The molecule has 0 aromatic carbocycles. The van der Waals surface area contributed by atoms with Crippen molar-refractivity contribution in [3.05, 3.63) is 48.1 Å². The summed E-state index contributed by atoms with van der Waals surface area (Å²) in [5, 5.41) is 7.16. The summed E-state index contributed by atoms with van der Waals surface area (Å²) in [6.45, 7) is 7.56. The van der Waals surface area contributed by atoms with E-state index in [9.17, 15) is 0 Å². The van der Waals surface area contributed by atoms with E-state index < -0.39 is 0 Å². The Morgan fingerprint density at radius 3 is 1.92 bits per heavy atom. The molecule has 64 valence electrons. The molecule has 0 heterocycles. The van der Waals surface area contributed by atoms with Crippen molar-refractivity contribution < 1.29 is 0 Å². The molecule has 0 aliphatic rings. The average molecular weight is 161 g/mol. The molecule has 0 aromatic rings. The second kappa shape index (κ2) is 6.35. The Morgan fingerprint density at radius 1 is 1.08 bits per heavy atom. The molecular weight excluding hydrogens is 146 g/mol. The quantitative estimate of drug-likeness (QED) is 0.483. The first kappa shape index (κ1) is 10.6. The molecule has 0 saturated heterocycles. The van der Waals surface area contributed by atoms with Gasteiger partial charge in [-0.25, -0.2) is 0 Å². The Balaban J connectivity index is 4.98. The zero-order valence-corrected chi connectivity index (χ0v) is 7.67. The zero-order chi connectivity index (χ0) is 9.40. The van der Waals surface area contributed by atoms with E-state index in [0.717, 1.165) is 11.1 Å². The minimum atomic E-state index is 0.880. The van der Waals surface area contributed by atoms with Crippen LogP contribution < -0.4 is 0 Å². The zero-order valence-electron chi connectivity index (χ0n) is 7.67. The van der Waals surface area contributed by atoms with Crippen LogP contribution in [0.2, 0.25) is 0 Å². The van der Waals surface area contributed by atoms with Crippen LogP contribution in [0.1, 0.15) is 13.8 Å². The monoisotopic (exact) mass is 161 g/mol. The molecule has 0 aliphatic carbocycles. The molecule has 0 atom stereocenters. The molecule has 0 spiro atoms. The molecule has 0 aromatic heterocycles. The Kier molecular flexibility index (Phi) is 5.62. The average Bonchev–Trinajstić information content (AvgIpc) is 2.11. The Labute approximate surface area is 74.3 Å². The van der Waals surface area contributed by atoms with E-state index >= 15 is 0 Å². The molecule has 0 radical (unpaired) electrons. The van der Waals surface area contributed by atoms with Crippen molar-refractivity contribution in [3.8, 4) is 0 Å². The largest absolute Gasteiger partial charge is 0.308 e. The van der Waals surface area contributed by atoms with Gasteiger partial charge in [-0.05, 0) is 25.0 Å². The SMILES string of the molecule is C=CC(/C=C\C)=C(C=N)/C=C\C. The van der Waals surface area contributed by atoms with Crippen LogP contribution >= 0.6 is 0 Å². The number of nitrogens with one attached hydrogen (secondary N) is 1. The van der Waals surface area contributed by atoms with Crippen molar-refractivity contribution in [2.75, 3.05) is 0 Å². The number of rotatable bonds is 4. The molecular formula is C11H15N. The second-order valence-electron chi connectivity index (χ2n) is 2.26. The highest BCUT2D eigenvalue weighted by atomic mass is 14.3. The maximum Gasteiger partial charge on any atom is 0.0256 e. The van der Waals surface area contributed by atoms with Gasteiger partial charge in [-0.15, -0.1) is 0 Å². The van der Waals surface area contributed by atoms with Crippen molar-refractivity contribution in [1.82, 2.24) is 0 Å². The first-order valence-electron chi connectivity index (χ1n) is 3.92. The highest BCUT2D eigenvalue weighted by Crippen LogP contribution is 2.06. The summed E-state index contributed by atoms with van der Waals surface area (Å²) in [5.41, 5.74) is 1.86. The second-order valence-corrected chi connectivity index (χ2v) is 2.26. The molecule has 1 N–H and O–H groups in total. The topological polar surface area (TPSA) is 23.9 Å². The standard InChI is InChI=1S/C11H15N/c1-4-7-10(6-3)11(9-12)8-5-2/h4-9,12H,3H2,1-2H3/b7-4-,8-5-,11-10+,12-9?. The van der Waals surface area contributed by atoms with Crippen LogP contribution in [0.15, 0.2) is 48.1 Å². The summed E-state index contributed by atoms with van der Waals surface area (Å²) in [5.74, 6) is 0. The molecule has 12 heavy (non-hydrogen) atoms. The maximum absolute atomic E-state index is 7.16. The first-order valence-corrected chi connectivity index (χ1v) is 3.92. The van der Waals surface area contributed by atoms with Gasteiger partial charge in [-0.2, -0.15) is 0 Å². The predicted octanol–water partition coefficient (Wildman–Crippen LogP) is 3.27. The Morgan fingerprint density at radius 2 is 1.58 bits per heavy atom. The lowest BCUT2D eigenvalue weighted by molar-refractivity contribution is 1.51. The number of allylic oxidation sites excluding steroid dienone is 7. The fraction of sp³-hybridized carbons (Fsp3) is 0.182. The summed E-state index contributed by atoms with van der Waals surface area (Å²) < 4.78 is 0. The van der Waals surface area contributed by atoms with E-state index in [0.29, 0.717) is 0 Å². The van der Waals surface area contributed by atoms with Crippen LogP contribution in [-0.4, -0.2) is 6.21 Å². The Hall–Kier alpha value is -1.37. The van der Waals surface area contributed by atoms with Crippen molar-refractivity contribution >= 4 is 6.21 Å². The third-order valence-corrected chi connectivity index (χ3v) is 1.40. The predicted molar refractivity (Wildman–Crippen MR) is 55.6 cm³/mol. The molecule has 0 fully saturated rings. The third kappa shape index (κ3) is 3.15. The van der Waals surface area contributed by atoms with E-state index in [1.54, 1.807) is 6.08 Å². The Bertz CT molecular complexity index is 216. The van der Waals surface area contributed by atoms with E-state index in [-0.39, 0.29) is 0 Å². The molecule has 0 amide bonds. The molecule has 0 saturated carbocycles. The molecule has 1 heteroatoms. The highest BCUT2D eigenvalue weighted by molar-refractivity contribution is 5.82. The van der Waals surface area contributed by atoms with Gasteiger partial charge < -0.3 is 5.41 Å². The van der Waals surface area contributed by atoms with E-state index in [1.807, 2.05) is 38.2 Å². The lowest BCUT2D eigenvalue weighted by Crippen LogP contribution is -1.83. The van der Waals surface area contributed by atoms with E-state index in [2.05, 4.69) is 6.58 Å². The number of hydrogen-bond acceptors (Lipinski definition) is 1. The van der Waals surface area contributed by atoms with E-state index in [4.69, 9.17) is 5.41 Å². The minimum Gasteiger partial charge on any atom is -0.308 e. The van der Waals surface area contributed by atoms with Gasteiger partial charge in [-0.3, -0.25) is 0 Å². The van der Waals surface area contributed by atoms with Crippen LogP contribution in [0.4, 0.5) is 0 Å². The van der Waals surface area contributed by atoms with Gasteiger partial charge in [0, 0.05) is 6.21 Å². The normalized spacial score (nSPS) is 13.5. The van der Waals surface area contributed by atoms with Gasteiger partial charge in [0.1, 0.15) is 0 Å². The minimum absolute atomic E-state index is 0.880. The lowest BCUT2D eigenvalue weighted by Gasteiger charge is -1.97. The van der Waals surface area contributed by atoms with Gasteiger partial charge in [0.25, 0.3) is 0 Å².